The monoisotopic (exact) mass is 237 g/mol. The van der Waals surface area contributed by atoms with Gasteiger partial charge in [-0.2, -0.15) is 5.10 Å². The lowest BCUT2D eigenvalue weighted by molar-refractivity contribution is 1.10. The van der Waals surface area contributed by atoms with Crippen molar-refractivity contribution in [3.05, 3.63) is 33.1 Å². The first kappa shape index (κ1) is 8.10. The van der Waals surface area contributed by atoms with E-state index in [0.717, 1.165) is 15.4 Å². The third kappa shape index (κ3) is 1.37. The second kappa shape index (κ2) is 3.08. The Morgan fingerprint density at radius 1 is 1.54 bits per heavy atom. The zero-order chi connectivity index (χ0) is 9.26. The molecule has 1 N–H and O–H groups in total. The second-order valence-corrected chi connectivity index (χ2v) is 3.34. The van der Waals surface area contributed by atoms with E-state index in [-0.39, 0.29) is 0 Å². The van der Waals surface area contributed by atoms with Crippen molar-refractivity contribution >= 4 is 32.7 Å². The number of fused-ring (bicyclic) bond motifs is 1. The van der Waals surface area contributed by atoms with Gasteiger partial charge in [-0.05, 0) is 28.8 Å². The zero-order valence-electron chi connectivity index (χ0n) is 6.40. The summed E-state index contributed by atoms with van der Waals surface area (Å²) in [6, 6.07) is 5.57. The molecule has 1 aromatic carbocycles. The number of azide groups is 1. The number of halogens is 1. The summed E-state index contributed by atoms with van der Waals surface area (Å²) >= 11 is 3.33. The summed E-state index contributed by atoms with van der Waals surface area (Å²) in [7, 11) is 0. The Balaban J connectivity index is 2.78. The third-order valence-electron chi connectivity index (χ3n) is 1.64. The summed E-state index contributed by atoms with van der Waals surface area (Å²) in [5, 5.41) is 10.9. The fourth-order valence-electron chi connectivity index (χ4n) is 1.09. The highest BCUT2D eigenvalue weighted by Gasteiger charge is 2.02. The number of nitrogens with one attached hydrogen (secondary N) is 1. The van der Waals surface area contributed by atoms with Gasteiger partial charge in [0.25, 0.3) is 0 Å². The van der Waals surface area contributed by atoms with Crippen molar-refractivity contribution in [1.82, 2.24) is 10.2 Å². The average molecular weight is 238 g/mol. The van der Waals surface area contributed by atoms with Gasteiger partial charge >= 0.3 is 0 Å². The van der Waals surface area contributed by atoms with Crippen LogP contribution in [-0.4, -0.2) is 10.2 Å². The van der Waals surface area contributed by atoms with Crippen LogP contribution in [-0.2, 0) is 0 Å². The van der Waals surface area contributed by atoms with Crippen molar-refractivity contribution < 1.29 is 0 Å². The van der Waals surface area contributed by atoms with E-state index in [9.17, 15) is 0 Å². The lowest BCUT2D eigenvalue weighted by atomic mass is 10.2. The summed E-state index contributed by atoms with van der Waals surface area (Å²) in [4.78, 5) is 2.70. The van der Waals surface area contributed by atoms with Crippen molar-refractivity contribution in [2.24, 2.45) is 5.11 Å². The summed E-state index contributed by atoms with van der Waals surface area (Å²) in [6.45, 7) is 0. The van der Waals surface area contributed by atoms with Gasteiger partial charge in [-0.15, -0.1) is 0 Å². The maximum atomic E-state index is 8.27. The van der Waals surface area contributed by atoms with Crippen LogP contribution in [0, 0.1) is 0 Å². The Labute approximate surface area is 81.5 Å². The minimum Gasteiger partial charge on any atom is -0.275 e. The van der Waals surface area contributed by atoms with Crippen LogP contribution in [0.4, 0.5) is 5.82 Å². The SMILES string of the molecule is [N-]=[N+]=Nc1[nH]nc2ccc(Br)cc12. The summed E-state index contributed by atoms with van der Waals surface area (Å²) < 4.78 is 0.927. The first-order chi connectivity index (χ1) is 6.31. The van der Waals surface area contributed by atoms with Gasteiger partial charge in [0.15, 0.2) is 0 Å². The molecule has 13 heavy (non-hydrogen) atoms. The number of hydrogen-bond donors (Lipinski definition) is 1. The molecule has 0 fully saturated rings. The molecular weight excluding hydrogens is 234 g/mol. The predicted octanol–water partition coefficient (Wildman–Crippen LogP) is 3.27. The van der Waals surface area contributed by atoms with E-state index in [1.165, 1.54) is 0 Å². The van der Waals surface area contributed by atoms with Crippen molar-refractivity contribution in [1.29, 1.82) is 0 Å². The van der Waals surface area contributed by atoms with Crippen LogP contribution in [0.25, 0.3) is 21.3 Å². The number of nitrogens with zero attached hydrogens (tertiary/aromatic N) is 4. The van der Waals surface area contributed by atoms with Crippen LogP contribution in [0.5, 0.6) is 0 Å². The number of hydrogen-bond acceptors (Lipinski definition) is 2. The Bertz CT molecular complexity index is 497. The highest BCUT2D eigenvalue weighted by Crippen LogP contribution is 2.25. The average Bonchev–Trinajstić information content (AvgIpc) is 2.49. The first-order valence-electron chi connectivity index (χ1n) is 3.50. The van der Waals surface area contributed by atoms with E-state index in [4.69, 9.17) is 5.53 Å². The minimum atomic E-state index is 0.443. The molecule has 2 rings (SSSR count). The molecule has 0 radical (unpaired) electrons. The van der Waals surface area contributed by atoms with Gasteiger partial charge in [-0.1, -0.05) is 15.9 Å². The summed E-state index contributed by atoms with van der Waals surface area (Å²) in [5.41, 5.74) is 9.05. The molecule has 1 aromatic heterocycles. The third-order valence-corrected chi connectivity index (χ3v) is 2.13. The highest BCUT2D eigenvalue weighted by molar-refractivity contribution is 9.10. The molecule has 2 aromatic rings. The van der Waals surface area contributed by atoms with Crippen LogP contribution >= 0.6 is 15.9 Å². The molecule has 0 aliphatic heterocycles. The quantitative estimate of drug-likeness (QED) is 0.461. The van der Waals surface area contributed by atoms with Crippen LogP contribution in [0.1, 0.15) is 0 Å². The van der Waals surface area contributed by atoms with E-state index in [2.05, 4.69) is 36.2 Å². The highest BCUT2D eigenvalue weighted by atomic mass is 79.9. The van der Waals surface area contributed by atoms with Crippen molar-refractivity contribution in [2.75, 3.05) is 0 Å². The number of rotatable bonds is 1. The Kier molecular flexibility index (Phi) is 1.92. The van der Waals surface area contributed by atoms with Gasteiger partial charge in [-0.25, -0.2) is 0 Å². The van der Waals surface area contributed by atoms with Gasteiger partial charge in [-0.3, -0.25) is 5.10 Å². The van der Waals surface area contributed by atoms with Crippen molar-refractivity contribution in [3.63, 3.8) is 0 Å². The van der Waals surface area contributed by atoms with Crippen LogP contribution in [0.15, 0.2) is 27.8 Å². The van der Waals surface area contributed by atoms with Crippen LogP contribution < -0.4 is 0 Å². The minimum absolute atomic E-state index is 0.443. The molecule has 0 saturated carbocycles. The molecular formula is C7H4BrN5. The molecule has 6 heteroatoms. The lowest BCUT2D eigenvalue weighted by Crippen LogP contribution is -1.66. The molecule has 0 atom stereocenters. The molecule has 5 nitrogen and oxygen atoms in total. The van der Waals surface area contributed by atoms with E-state index < -0.39 is 0 Å². The maximum absolute atomic E-state index is 8.27. The van der Waals surface area contributed by atoms with Crippen molar-refractivity contribution in [3.8, 4) is 0 Å². The van der Waals surface area contributed by atoms with Crippen molar-refractivity contribution in [2.45, 2.75) is 0 Å². The lowest BCUT2D eigenvalue weighted by Gasteiger charge is -1.89. The second-order valence-electron chi connectivity index (χ2n) is 2.42. The fourth-order valence-corrected chi connectivity index (χ4v) is 1.45. The standard InChI is InChI=1S/C7H4BrN5/c8-4-1-2-6-5(3-4)7(11-10-6)12-13-9/h1-3H,(H,10,11). The predicted molar refractivity (Wildman–Crippen MR) is 52.6 cm³/mol. The largest absolute Gasteiger partial charge is 0.275 e. The number of H-pyrrole nitrogens is 1. The van der Waals surface area contributed by atoms with Crippen LogP contribution in [0.3, 0.4) is 0 Å². The van der Waals surface area contributed by atoms with E-state index in [0.29, 0.717) is 5.82 Å². The molecule has 0 aliphatic carbocycles. The first-order valence-corrected chi connectivity index (χ1v) is 4.29. The molecule has 0 bridgehead atoms. The summed E-state index contributed by atoms with van der Waals surface area (Å²) in [5.74, 6) is 0.443. The normalized spacial score (nSPS) is 9.92. The molecule has 0 spiro atoms. The van der Waals surface area contributed by atoms with Gasteiger partial charge in [0.1, 0.15) is 5.82 Å². The Morgan fingerprint density at radius 2 is 2.38 bits per heavy atom. The number of aromatic amines is 1. The molecule has 0 saturated heterocycles. The van der Waals surface area contributed by atoms with Gasteiger partial charge in [0.2, 0.25) is 0 Å². The summed E-state index contributed by atoms with van der Waals surface area (Å²) in [6.07, 6.45) is 0. The van der Waals surface area contributed by atoms with Gasteiger partial charge < -0.3 is 0 Å². The van der Waals surface area contributed by atoms with E-state index in [1.54, 1.807) is 0 Å². The Morgan fingerprint density at radius 3 is 3.15 bits per heavy atom. The molecule has 64 valence electrons. The van der Waals surface area contributed by atoms with Gasteiger partial charge in [0.05, 0.1) is 5.52 Å². The molecule has 0 unspecified atom stereocenters. The molecule has 0 aliphatic rings. The maximum Gasteiger partial charge on any atom is 0.129 e. The smallest absolute Gasteiger partial charge is 0.129 e. The van der Waals surface area contributed by atoms with E-state index >= 15 is 0 Å². The number of benzene rings is 1. The van der Waals surface area contributed by atoms with Gasteiger partial charge in [0, 0.05) is 14.8 Å². The van der Waals surface area contributed by atoms with E-state index in [1.807, 2.05) is 18.2 Å². The fraction of sp³-hybridized carbons (Fsp3) is 0. The van der Waals surface area contributed by atoms with Crippen LogP contribution in [0.2, 0.25) is 0 Å². The molecule has 1 heterocycles. The zero-order valence-corrected chi connectivity index (χ0v) is 7.98. The molecule has 0 amide bonds. The topological polar surface area (TPSA) is 77.4 Å². The number of aromatic nitrogens is 2. The Hall–Kier alpha value is -1.52.